The second kappa shape index (κ2) is 12.2. The summed E-state index contributed by atoms with van der Waals surface area (Å²) in [5, 5.41) is 9.01. The van der Waals surface area contributed by atoms with Crippen molar-refractivity contribution in [3.63, 3.8) is 0 Å². The maximum absolute atomic E-state index is 14.0. The van der Waals surface area contributed by atoms with Gasteiger partial charge in [0.2, 0.25) is 5.90 Å². The van der Waals surface area contributed by atoms with Crippen molar-refractivity contribution in [2.45, 2.75) is 43.4 Å². The smallest absolute Gasteiger partial charge is 0.266 e. The summed E-state index contributed by atoms with van der Waals surface area (Å²) in [5.74, 6) is 1.47. The molecule has 1 fully saturated rings. The Morgan fingerprint density at radius 1 is 1.10 bits per heavy atom. The van der Waals surface area contributed by atoms with Crippen LogP contribution in [0.5, 0.6) is 11.5 Å². The Labute approximate surface area is 236 Å². The zero-order valence-electron chi connectivity index (χ0n) is 21.7. The number of carbonyl (C=O) groups is 1. The predicted octanol–water partition coefficient (Wildman–Crippen LogP) is 4.50. The number of halogens is 1. The molecule has 0 aromatic heterocycles. The van der Waals surface area contributed by atoms with Crippen LogP contribution < -0.4 is 20.3 Å². The third-order valence-electron chi connectivity index (χ3n) is 6.78. The van der Waals surface area contributed by atoms with Gasteiger partial charge in [-0.25, -0.2) is 10.4 Å². The summed E-state index contributed by atoms with van der Waals surface area (Å²) in [7, 11) is 1.61. The van der Waals surface area contributed by atoms with Crippen molar-refractivity contribution in [2.75, 3.05) is 20.3 Å². The summed E-state index contributed by atoms with van der Waals surface area (Å²) < 4.78 is 18.7. The summed E-state index contributed by atoms with van der Waals surface area (Å²) in [6.07, 6.45) is 2.23. The molecule has 1 aliphatic heterocycles. The molecule has 204 valence electrons. The summed E-state index contributed by atoms with van der Waals surface area (Å²) >= 11 is 3.50. The maximum Gasteiger partial charge on any atom is 0.266 e. The number of benzene rings is 3. The quantitative estimate of drug-likeness (QED) is 0.211. The first-order valence-corrected chi connectivity index (χ1v) is 13.8. The molecule has 1 heterocycles. The van der Waals surface area contributed by atoms with E-state index in [9.17, 15) is 4.79 Å². The number of aliphatic imine (C=N–C) groups is 1. The van der Waals surface area contributed by atoms with E-state index in [0.29, 0.717) is 36.8 Å². The van der Waals surface area contributed by atoms with Crippen LogP contribution in [0.1, 0.15) is 42.1 Å². The van der Waals surface area contributed by atoms with Gasteiger partial charge in [-0.15, -0.1) is 0 Å². The number of rotatable bonds is 12. The highest BCUT2D eigenvalue weighted by Crippen LogP contribution is 2.43. The number of aliphatic hydroxyl groups is 1. The number of hydrazine groups is 1. The SMILES string of the molecule is COc1cccc([C@@H]2OC(c3ccc(OCCCO)cc3)=N[C@]2(Cc2ccc(Br)cc2)C(=O)NNC2CC2)c1. The fourth-order valence-electron chi connectivity index (χ4n) is 4.50. The minimum Gasteiger partial charge on any atom is -0.497 e. The first-order chi connectivity index (χ1) is 19.0. The van der Waals surface area contributed by atoms with Crippen LogP contribution in [0.25, 0.3) is 0 Å². The van der Waals surface area contributed by atoms with Gasteiger partial charge in [0.25, 0.3) is 5.91 Å². The van der Waals surface area contributed by atoms with Crippen LogP contribution in [0, 0.1) is 0 Å². The summed E-state index contributed by atoms with van der Waals surface area (Å²) in [4.78, 5) is 19.1. The van der Waals surface area contributed by atoms with E-state index in [2.05, 4.69) is 26.8 Å². The fraction of sp³-hybridized carbons (Fsp3) is 0.333. The lowest BCUT2D eigenvalue weighted by Crippen LogP contribution is -2.54. The Kier molecular flexibility index (Phi) is 8.50. The molecule has 0 unspecified atom stereocenters. The van der Waals surface area contributed by atoms with Crippen LogP contribution >= 0.6 is 15.9 Å². The molecule has 9 heteroatoms. The molecule has 2 aliphatic rings. The molecular formula is C30H32BrN3O5. The summed E-state index contributed by atoms with van der Waals surface area (Å²) in [6, 6.07) is 23.1. The van der Waals surface area contributed by atoms with Gasteiger partial charge in [0.05, 0.1) is 13.7 Å². The van der Waals surface area contributed by atoms with E-state index < -0.39 is 11.6 Å². The van der Waals surface area contributed by atoms with Gasteiger partial charge < -0.3 is 19.3 Å². The van der Waals surface area contributed by atoms with Gasteiger partial charge in [-0.05, 0) is 72.5 Å². The Balaban J connectivity index is 1.54. The van der Waals surface area contributed by atoms with E-state index >= 15 is 0 Å². The minimum atomic E-state index is -1.28. The number of hydrogen-bond acceptors (Lipinski definition) is 7. The molecule has 3 N–H and O–H groups in total. The normalized spacial score (nSPS) is 20.2. The van der Waals surface area contributed by atoms with Gasteiger partial charge in [-0.1, -0.05) is 40.2 Å². The molecule has 3 aromatic rings. The van der Waals surface area contributed by atoms with E-state index in [1.807, 2.05) is 72.8 Å². The topological polar surface area (TPSA) is 101 Å². The molecule has 1 amide bonds. The molecule has 8 nitrogen and oxygen atoms in total. The van der Waals surface area contributed by atoms with Crippen LogP contribution in [0.15, 0.2) is 82.3 Å². The number of nitrogens with one attached hydrogen (secondary N) is 2. The average Bonchev–Trinajstić information content (AvgIpc) is 3.72. The lowest BCUT2D eigenvalue weighted by atomic mass is 9.82. The first-order valence-electron chi connectivity index (χ1n) is 13.1. The van der Waals surface area contributed by atoms with Crippen LogP contribution in [-0.2, 0) is 16.0 Å². The molecule has 0 radical (unpaired) electrons. The van der Waals surface area contributed by atoms with Gasteiger partial charge >= 0.3 is 0 Å². The molecule has 0 spiro atoms. The Morgan fingerprint density at radius 2 is 1.87 bits per heavy atom. The van der Waals surface area contributed by atoms with E-state index in [0.717, 1.165) is 34.0 Å². The minimum absolute atomic E-state index is 0.0759. The maximum atomic E-state index is 14.0. The predicted molar refractivity (Wildman–Crippen MR) is 152 cm³/mol. The zero-order chi connectivity index (χ0) is 27.2. The average molecular weight is 595 g/mol. The van der Waals surface area contributed by atoms with E-state index in [-0.39, 0.29) is 18.6 Å². The largest absolute Gasteiger partial charge is 0.497 e. The molecular weight excluding hydrogens is 562 g/mol. The van der Waals surface area contributed by atoms with E-state index in [1.165, 1.54) is 0 Å². The third kappa shape index (κ3) is 6.43. The van der Waals surface area contributed by atoms with Crippen molar-refractivity contribution in [2.24, 2.45) is 4.99 Å². The van der Waals surface area contributed by atoms with Gasteiger partial charge in [-0.3, -0.25) is 10.2 Å². The Morgan fingerprint density at radius 3 is 2.56 bits per heavy atom. The number of ether oxygens (including phenoxy) is 3. The molecule has 1 saturated carbocycles. The third-order valence-corrected chi connectivity index (χ3v) is 7.31. The highest BCUT2D eigenvalue weighted by atomic mass is 79.9. The van der Waals surface area contributed by atoms with Crippen molar-refractivity contribution >= 4 is 27.7 Å². The van der Waals surface area contributed by atoms with Crippen LogP contribution in [0.3, 0.4) is 0 Å². The first kappa shape index (κ1) is 27.2. The molecule has 2 atom stereocenters. The van der Waals surface area contributed by atoms with Crippen LogP contribution in [0.2, 0.25) is 0 Å². The number of amides is 1. The molecule has 5 rings (SSSR count). The zero-order valence-corrected chi connectivity index (χ0v) is 23.3. The number of methoxy groups -OCH3 is 1. The van der Waals surface area contributed by atoms with Crippen LogP contribution in [0.4, 0.5) is 0 Å². The highest BCUT2D eigenvalue weighted by molar-refractivity contribution is 9.10. The van der Waals surface area contributed by atoms with Gasteiger partial charge in [-0.2, -0.15) is 0 Å². The van der Waals surface area contributed by atoms with Crippen molar-refractivity contribution in [3.05, 3.63) is 94.0 Å². The van der Waals surface area contributed by atoms with Gasteiger partial charge in [0.1, 0.15) is 11.5 Å². The van der Waals surface area contributed by atoms with Crippen LogP contribution in [-0.4, -0.2) is 48.8 Å². The monoisotopic (exact) mass is 593 g/mol. The second-order valence-corrected chi connectivity index (χ2v) is 10.7. The van der Waals surface area contributed by atoms with E-state index in [4.69, 9.17) is 24.3 Å². The van der Waals surface area contributed by atoms with Gasteiger partial charge in [0, 0.05) is 35.5 Å². The molecule has 1 aliphatic carbocycles. The summed E-state index contributed by atoms with van der Waals surface area (Å²) in [6.45, 7) is 0.502. The molecule has 0 bridgehead atoms. The number of carbonyl (C=O) groups excluding carboxylic acids is 1. The molecule has 39 heavy (non-hydrogen) atoms. The summed E-state index contributed by atoms with van der Waals surface area (Å²) in [5.41, 5.74) is 7.27. The second-order valence-electron chi connectivity index (χ2n) is 9.74. The van der Waals surface area contributed by atoms with Gasteiger partial charge in [0.15, 0.2) is 11.6 Å². The highest BCUT2D eigenvalue weighted by Gasteiger charge is 2.53. The number of aliphatic hydroxyl groups excluding tert-OH is 1. The molecule has 0 saturated heterocycles. The van der Waals surface area contributed by atoms with E-state index in [1.54, 1.807) is 7.11 Å². The van der Waals surface area contributed by atoms with Crippen molar-refractivity contribution in [1.29, 1.82) is 0 Å². The Hall–Kier alpha value is -3.40. The van der Waals surface area contributed by atoms with Crippen molar-refractivity contribution in [3.8, 4) is 11.5 Å². The lowest BCUT2D eigenvalue weighted by Gasteiger charge is -2.31. The number of hydrogen-bond donors (Lipinski definition) is 3. The van der Waals surface area contributed by atoms with Crippen molar-refractivity contribution in [1.82, 2.24) is 10.9 Å². The fourth-order valence-corrected chi connectivity index (χ4v) is 4.77. The number of nitrogens with zero attached hydrogens (tertiary/aromatic N) is 1. The standard InChI is InChI=1S/C30H32BrN3O5/c1-37-26-5-2-4-22(18-26)27-30(29(36)34-33-24-12-13-24,19-20-6-10-23(31)11-7-20)32-28(39-27)21-8-14-25(15-9-21)38-17-3-16-35/h2,4-11,14-15,18,24,27,33,35H,3,12-13,16-17,19H2,1H3,(H,34,36)/t27-,30-/m0/s1. The molecule has 3 aromatic carbocycles. The lowest BCUT2D eigenvalue weighted by molar-refractivity contribution is -0.130. The van der Waals surface area contributed by atoms with Crippen molar-refractivity contribution < 1.29 is 24.1 Å². The Bertz CT molecular complexity index is 1310.